The molecule has 1 aromatic carbocycles. The van der Waals surface area contributed by atoms with Gasteiger partial charge in [-0.15, -0.1) is 12.3 Å². The van der Waals surface area contributed by atoms with Crippen LogP contribution in [0, 0.1) is 18.3 Å². The summed E-state index contributed by atoms with van der Waals surface area (Å²) in [4.78, 5) is 0. The van der Waals surface area contributed by atoms with Gasteiger partial charge in [-0.2, -0.15) is 0 Å². The van der Waals surface area contributed by atoms with E-state index in [2.05, 4.69) is 18.1 Å². The van der Waals surface area contributed by atoms with E-state index in [-0.39, 0.29) is 12.5 Å². The average Bonchev–Trinajstić information content (AvgIpc) is 2.19. The van der Waals surface area contributed by atoms with Crippen LogP contribution >= 0.6 is 0 Å². The summed E-state index contributed by atoms with van der Waals surface area (Å²) < 4.78 is 0. The molecule has 0 saturated carbocycles. The highest BCUT2D eigenvalue weighted by atomic mass is 16.3. The van der Waals surface area contributed by atoms with Gasteiger partial charge in [0, 0.05) is 13.0 Å². The maximum absolute atomic E-state index is 9.02. The van der Waals surface area contributed by atoms with E-state index in [4.69, 9.17) is 11.5 Å². The zero-order valence-corrected chi connectivity index (χ0v) is 7.61. The molecule has 0 aliphatic carbocycles. The summed E-state index contributed by atoms with van der Waals surface area (Å²) in [5, 5.41) is 9.02. The zero-order valence-electron chi connectivity index (χ0n) is 7.61. The van der Waals surface area contributed by atoms with Crippen molar-refractivity contribution in [1.82, 2.24) is 0 Å². The third-order valence-corrected chi connectivity index (χ3v) is 2.03. The SMILES string of the molecule is C#CCC(CO)Cc1ccccc1. The highest BCUT2D eigenvalue weighted by Crippen LogP contribution is 2.10. The first-order valence-electron chi connectivity index (χ1n) is 4.45. The Kier molecular flexibility index (Phi) is 4.08. The monoisotopic (exact) mass is 174 g/mol. The molecule has 0 aromatic heterocycles. The van der Waals surface area contributed by atoms with E-state index >= 15 is 0 Å². The third-order valence-electron chi connectivity index (χ3n) is 2.03. The van der Waals surface area contributed by atoms with E-state index in [1.165, 1.54) is 5.56 Å². The van der Waals surface area contributed by atoms with E-state index in [0.717, 1.165) is 6.42 Å². The molecule has 0 aliphatic rings. The molecule has 0 saturated heterocycles. The molecule has 1 heteroatoms. The normalized spacial score (nSPS) is 12.0. The fourth-order valence-electron chi connectivity index (χ4n) is 1.32. The second-order valence-corrected chi connectivity index (χ2v) is 3.15. The predicted octanol–water partition coefficient (Wildman–Crippen LogP) is 1.86. The molecule has 13 heavy (non-hydrogen) atoms. The van der Waals surface area contributed by atoms with Crippen LogP contribution in [0.25, 0.3) is 0 Å². The maximum Gasteiger partial charge on any atom is 0.0471 e. The molecule has 68 valence electrons. The summed E-state index contributed by atoms with van der Waals surface area (Å²) in [7, 11) is 0. The maximum atomic E-state index is 9.02. The highest BCUT2D eigenvalue weighted by molar-refractivity contribution is 5.15. The number of aliphatic hydroxyl groups is 1. The molecule has 0 spiro atoms. The van der Waals surface area contributed by atoms with Crippen molar-refractivity contribution in [1.29, 1.82) is 0 Å². The van der Waals surface area contributed by atoms with Gasteiger partial charge in [0.05, 0.1) is 0 Å². The van der Waals surface area contributed by atoms with Crippen molar-refractivity contribution in [3.05, 3.63) is 35.9 Å². The van der Waals surface area contributed by atoms with Gasteiger partial charge in [0.25, 0.3) is 0 Å². The largest absolute Gasteiger partial charge is 0.396 e. The van der Waals surface area contributed by atoms with E-state index in [1.807, 2.05) is 18.2 Å². The van der Waals surface area contributed by atoms with Crippen LogP contribution in [-0.2, 0) is 6.42 Å². The molecule has 0 fully saturated rings. The highest BCUT2D eigenvalue weighted by Gasteiger charge is 2.05. The molecule has 1 rings (SSSR count). The molecule has 0 aliphatic heterocycles. The lowest BCUT2D eigenvalue weighted by Gasteiger charge is -2.10. The van der Waals surface area contributed by atoms with Crippen molar-refractivity contribution in [3.63, 3.8) is 0 Å². The summed E-state index contributed by atoms with van der Waals surface area (Å²) >= 11 is 0. The first kappa shape index (κ1) is 9.83. The van der Waals surface area contributed by atoms with Crippen LogP contribution in [0.3, 0.4) is 0 Å². The summed E-state index contributed by atoms with van der Waals surface area (Å²) in [5.41, 5.74) is 1.23. The standard InChI is InChI=1S/C12H14O/c1-2-6-12(10-13)9-11-7-4-3-5-8-11/h1,3-5,7-8,12-13H,6,9-10H2. The number of hydrogen-bond acceptors (Lipinski definition) is 1. The Bertz CT molecular complexity index is 271. The fraction of sp³-hybridized carbons (Fsp3) is 0.333. The minimum Gasteiger partial charge on any atom is -0.396 e. The Labute approximate surface area is 79.4 Å². The molecule has 1 aromatic rings. The van der Waals surface area contributed by atoms with Gasteiger partial charge < -0.3 is 5.11 Å². The van der Waals surface area contributed by atoms with Crippen molar-refractivity contribution in [2.45, 2.75) is 12.8 Å². The van der Waals surface area contributed by atoms with Gasteiger partial charge in [0.2, 0.25) is 0 Å². The van der Waals surface area contributed by atoms with Crippen LogP contribution in [0.4, 0.5) is 0 Å². The Morgan fingerprint density at radius 2 is 2.00 bits per heavy atom. The molecule has 0 bridgehead atoms. The average molecular weight is 174 g/mol. The van der Waals surface area contributed by atoms with Crippen LogP contribution in [0.1, 0.15) is 12.0 Å². The lowest BCUT2D eigenvalue weighted by molar-refractivity contribution is 0.228. The molecule has 0 radical (unpaired) electrons. The zero-order chi connectivity index (χ0) is 9.52. The molecule has 1 N–H and O–H groups in total. The number of rotatable bonds is 4. The second-order valence-electron chi connectivity index (χ2n) is 3.15. The summed E-state index contributed by atoms with van der Waals surface area (Å²) in [6.07, 6.45) is 6.70. The van der Waals surface area contributed by atoms with Gasteiger partial charge in [-0.1, -0.05) is 30.3 Å². The van der Waals surface area contributed by atoms with Crippen molar-refractivity contribution in [3.8, 4) is 12.3 Å². The van der Waals surface area contributed by atoms with Crippen molar-refractivity contribution >= 4 is 0 Å². The number of benzene rings is 1. The van der Waals surface area contributed by atoms with Crippen LogP contribution < -0.4 is 0 Å². The molecular formula is C12H14O. The number of aliphatic hydroxyl groups excluding tert-OH is 1. The minimum absolute atomic E-state index is 0.166. The minimum atomic E-state index is 0.166. The van der Waals surface area contributed by atoms with E-state index in [0.29, 0.717) is 6.42 Å². The summed E-state index contributed by atoms with van der Waals surface area (Å²) in [6.45, 7) is 0.166. The number of hydrogen-bond donors (Lipinski definition) is 1. The van der Waals surface area contributed by atoms with Crippen LogP contribution in [-0.4, -0.2) is 11.7 Å². The Morgan fingerprint density at radius 3 is 2.54 bits per heavy atom. The predicted molar refractivity (Wildman–Crippen MR) is 54.2 cm³/mol. The quantitative estimate of drug-likeness (QED) is 0.691. The lowest BCUT2D eigenvalue weighted by atomic mass is 9.97. The van der Waals surface area contributed by atoms with Crippen molar-refractivity contribution < 1.29 is 5.11 Å². The van der Waals surface area contributed by atoms with Gasteiger partial charge in [-0.25, -0.2) is 0 Å². The van der Waals surface area contributed by atoms with Crippen LogP contribution in [0.5, 0.6) is 0 Å². The summed E-state index contributed by atoms with van der Waals surface area (Å²) in [6, 6.07) is 10.1. The van der Waals surface area contributed by atoms with Gasteiger partial charge in [0.1, 0.15) is 0 Å². The summed E-state index contributed by atoms with van der Waals surface area (Å²) in [5.74, 6) is 2.78. The molecule has 1 unspecified atom stereocenters. The van der Waals surface area contributed by atoms with Crippen LogP contribution in [0.2, 0.25) is 0 Å². The Hall–Kier alpha value is -1.26. The lowest BCUT2D eigenvalue weighted by Crippen LogP contribution is -2.08. The van der Waals surface area contributed by atoms with Gasteiger partial charge in [0.15, 0.2) is 0 Å². The van der Waals surface area contributed by atoms with E-state index in [9.17, 15) is 0 Å². The first-order valence-corrected chi connectivity index (χ1v) is 4.45. The fourth-order valence-corrected chi connectivity index (χ4v) is 1.32. The van der Waals surface area contributed by atoms with E-state index < -0.39 is 0 Å². The molecule has 0 heterocycles. The topological polar surface area (TPSA) is 20.2 Å². The third kappa shape index (κ3) is 3.31. The second kappa shape index (κ2) is 5.40. The molecular weight excluding hydrogens is 160 g/mol. The molecule has 1 nitrogen and oxygen atoms in total. The van der Waals surface area contributed by atoms with Crippen molar-refractivity contribution in [2.75, 3.05) is 6.61 Å². The van der Waals surface area contributed by atoms with Crippen LogP contribution in [0.15, 0.2) is 30.3 Å². The molecule has 1 atom stereocenters. The van der Waals surface area contributed by atoms with Crippen molar-refractivity contribution in [2.24, 2.45) is 5.92 Å². The van der Waals surface area contributed by atoms with Gasteiger partial charge in [-0.05, 0) is 17.9 Å². The first-order chi connectivity index (χ1) is 6.36. The Morgan fingerprint density at radius 1 is 1.31 bits per heavy atom. The number of terminal acetylenes is 1. The molecule has 0 amide bonds. The van der Waals surface area contributed by atoms with Gasteiger partial charge >= 0.3 is 0 Å². The van der Waals surface area contributed by atoms with Gasteiger partial charge in [-0.3, -0.25) is 0 Å². The smallest absolute Gasteiger partial charge is 0.0471 e. The van der Waals surface area contributed by atoms with E-state index in [1.54, 1.807) is 0 Å². The Balaban J connectivity index is 2.53.